The molecule has 0 atom stereocenters. The molecular weight excluding hydrogens is 521 g/mol. The molecule has 32 heavy (non-hydrogen) atoms. The minimum absolute atomic E-state index is 0. The lowest BCUT2D eigenvalue weighted by Gasteiger charge is -2.35. The van der Waals surface area contributed by atoms with Crippen LogP contribution >= 0.6 is 24.0 Å². The van der Waals surface area contributed by atoms with E-state index in [4.69, 9.17) is 9.73 Å². The molecule has 2 heterocycles. The number of nitrogens with zero attached hydrogens (tertiary/aromatic N) is 4. The van der Waals surface area contributed by atoms with E-state index < -0.39 is 0 Å². The van der Waals surface area contributed by atoms with Crippen LogP contribution in [0, 0.1) is 0 Å². The second-order valence-corrected chi connectivity index (χ2v) is 7.33. The Morgan fingerprint density at radius 1 is 1.00 bits per heavy atom. The molecule has 2 aromatic rings. The topological polar surface area (TPSA) is 79.2 Å². The first-order valence-corrected chi connectivity index (χ1v) is 10.8. The van der Waals surface area contributed by atoms with Gasteiger partial charge in [-0.25, -0.2) is 9.79 Å². The Bertz CT molecular complexity index is 937. The number of guanidine groups is 1. The van der Waals surface area contributed by atoms with Gasteiger partial charge in [-0.3, -0.25) is 4.79 Å². The molecule has 1 saturated heterocycles. The highest BCUT2D eigenvalue weighted by atomic mass is 127. The van der Waals surface area contributed by atoms with Crippen LogP contribution in [0.2, 0.25) is 0 Å². The number of hydrogen-bond donors (Lipinski definition) is 1. The van der Waals surface area contributed by atoms with Gasteiger partial charge >= 0.3 is 6.09 Å². The Hall–Kier alpha value is -2.56. The van der Waals surface area contributed by atoms with Gasteiger partial charge in [-0.15, -0.1) is 24.0 Å². The number of ether oxygens (including phenoxy) is 1. The van der Waals surface area contributed by atoms with Crippen LogP contribution in [0.1, 0.15) is 25.0 Å². The van der Waals surface area contributed by atoms with Crippen LogP contribution in [0.25, 0.3) is 0 Å². The van der Waals surface area contributed by atoms with Crippen molar-refractivity contribution in [1.29, 1.82) is 0 Å². The predicted molar refractivity (Wildman–Crippen MR) is 137 cm³/mol. The summed E-state index contributed by atoms with van der Waals surface area (Å²) in [6, 6.07) is 13.4. The van der Waals surface area contributed by atoms with Gasteiger partial charge in [-0.1, -0.05) is 30.3 Å². The van der Waals surface area contributed by atoms with E-state index >= 15 is 0 Å². The van der Waals surface area contributed by atoms with E-state index in [2.05, 4.69) is 22.3 Å². The third-order valence-corrected chi connectivity index (χ3v) is 5.13. The van der Waals surface area contributed by atoms with Crippen LogP contribution in [-0.4, -0.2) is 65.8 Å². The van der Waals surface area contributed by atoms with E-state index in [0.717, 1.165) is 36.7 Å². The molecule has 0 spiro atoms. The summed E-state index contributed by atoms with van der Waals surface area (Å²) >= 11 is 0. The highest BCUT2D eigenvalue weighted by Gasteiger charge is 2.23. The van der Waals surface area contributed by atoms with E-state index in [1.165, 1.54) is 0 Å². The normalized spacial score (nSPS) is 14.0. The molecule has 0 unspecified atom stereocenters. The third kappa shape index (κ3) is 7.25. The van der Waals surface area contributed by atoms with Crippen LogP contribution in [0.5, 0.6) is 0 Å². The monoisotopic (exact) mass is 553 g/mol. The highest BCUT2D eigenvalue weighted by molar-refractivity contribution is 14.0. The average Bonchev–Trinajstić information content (AvgIpc) is 2.79. The molecule has 9 heteroatoms. The molecule has 0 saturated carbocycles. The fraction of sp³-hybridized carbons (Fsp3) is 0.435. The van der Waals surface area contributed by atoms with Crippen LogP contribution in [-0.2, 0) is 17.8 Å². The molecule has 8 nitrogen and oxygen atoms in total. The molecule has 1 fully saturated rings. The molecule has 0 aliphatic carbocycles. The van der Waals surface area contributed by atoms with Gasteiger partial charge in [0.2, 0.25) is 0 Å². The molecule has 0 bridgehead atoms. The maximum Gasteiger partial charge on any atom is 0.409 e. The van der Waals surface area contributed by atoms with Crippen LogP contribution in [0.3, 0.4) is 0 Å². The first-order chi connectivity index (χ1) is 15.1. The summed E-state index contributed by atoms with van der Waals surface area (Å²) in [5.74, 6) is 0.853. The van der Waals surface area contributed by atoms with E-state index in [9.17, 15) is 9.59 Å². The van der Waals surface area contributed by atoms with E-state index in [1.54, 1.807) is 27.8 Å². The highest BCUT2D eigenvalue weighted by Crippen LogP contribution is 2.09. The summed E-state index contributed by atoms with van der Waals surface area (Å²) in [6.45, 7) is 8.83. The number of amides is 1. The number of hydrogen-bond acceptors (Lipinski definition) is 4. The maximum atomic E-state index is 11.9. The molecule has 1 aromatic heterocycles. The van der Waals surface area contributed by atoms with Gasteiger partial charge in [0.15, 0.2) is 5.96 Å². The van der Waals surface area contributed by atoms with Crippen molar-refractivity contribution < 1.29 is 9.53 Å². The Morgan fingerprint density at radius 3 is 2.28 bits per heavy atom. The quantitative estimate of drug-likeness (QED) is 0.338. The average molecular weight is 553 g/mol. The summed E-state index contributed by atoms with van der Waals surface area (Å²) in [6.07, 6.45) is 1.55. The third-order valence-electron chi connectivity index (χ3n) is 5.13. The maximum absolute atomic E-state index is 11.9. The Kier molecular flexibility index (Phi) is 10.5. The van der Waals surface area contributed by atoms with Gasteiger partial charge in [-0.05, 0) is 31.0 Å². The van der Waals surface area contributed by atoms with Crippen LogP contribution in [0.4, 0.5) is 4.79 Å². The molecule has 1 N–H and O–H groups in total. The van der Waals surface area contributed by atoms with Crippen molar-refractivity contribution >= 4 is 36.0 Å². The van der Waals surface area contributed by atoms with Crippen LogP contribution in [0.15, 0.2) is 58.4 Å². The SMILES string of the molecule is CCNC(=NCc1ccc(Cn2ccccc2=O)cc1)N1CCN(C(=O)OCC)CC1.I. The molecule has 1 amide bonds. The van der Waals surface area contributed by atoms with Crippen molar-refractivity contribution in [3.63, 3.8) is 0 Å². The summed E-state index contributed by atoms with van der Waals surface area (Å²) in [5.41, 5.74) is 2.17. The molecule has 1 aliphatic heterocycles. The number of piperazine rings is 1. The molecule has 3 rings (SSSR count). The number of aliphatic imine (C=N–C) groups is 1. The lowest BCUT2D eigenvalue weighted by Crippen LogP contribution is -2.53. The lowest BCUT2D eigenvalue weighted by atomic mass is 10.1. The largest absolute Gasteiger partial charge is 0.450 e. The minimum Gasteiger partial charge on any atom is -0.450 e. The van der Waals surface area contributed by atoms with Crippen molar-refractivity contribution in [1.82, 2.24) is 19.7 Å². The van der Waals surface area contributed by atoms with E-state index in [-0.39, 0.29) is 35.6 Å². The van der Waals surface area contributed by atoms with Crippen molar-refractivity contribution in [2.75, 3.05) is 39.3 Å². The van der Waals surface area contributed by atoms with Gasteiger partial charge in [0, 0.05) is 45.0 Å². The predicted octanol–water partition coefficient (Wildman–Crippen LogP) is 2.75. The number of rotatable bonds is 6. The van der Waals surface area contributed by atoms with Gasteiger partial charge in [0.1, 0.15) is 0 Å². The Morgan fingerprint density at radius 2 is 1.66 bits per heavy atom. The Balaban J connectivity index is 0.00000363. The summed E-state index contributed by atoms with van der Waals surface area (Å²) in [5, 5.41) is 3.35. The molecule has 1 aromatic carbocycles. The minimum atomic E-state index is -0.248. The first-order valence-electron chi connectivity index (χ1n) is 10.8. The zero-order chi connectivity index (χ0) is 22.1. The smallest absolute Gasteiger partial charge is 0.409 e. The lowest BCUT2D eigenvalue weighted by molar-refractivity contribution is 0.0914. The molecule has 174 valence electrons. The second-order valence-electron chi connectivity index (χ2n) is 7.33. The van der Waals surface area contributed by atoms with Crippen molar-refractivity contribution in [3.05, 3.63) is 70.1 Å². The second kappa shape index (κ2) is 13.1. The van der Waals surface area contributed by atoms with Crippen molar-refractivity contribution in [3.8, 4) is 0 Å². The number of aromatic nitrogens is 1. The first kappa shape index (κ1) is 25.7. The van der Waals surface area contributed by atoms with E-state index in [1.807, 2.05) is 32.0 Å². The fourth-order valence-electron chi connectivity index (χ4n) is 3.45. The van der Waals surface area contributed by atoms with Crippen molar-refractivity contribution in [2.24, 2.45) is 4.99 Å². The zero-order valence-corrected chi connectivity index (χ0v) is 21.0. The Labute approximate surface area is 206 Å². The van der Waals surface area contributed by atoms with Crippen molar-refractivity contribution in [2.45, 2.75) is 26.9 Å². The van der Waals surface area contributed by atoms with E-state index in [0.29, 0.717) is 32.8 Å². The number of carbonyl (C=O) groups excluding carboxylic acids is 1. The molecule has 1 aliphatic rings. The fourth-order valence-corrected chi connectivity index (χ4v) is 3.45. The number of pyridine rings is 1. The van der Waals surface area contributed by atoms with Gasteiger partial charge in [0.25, 0.3) is 5.56 Å². The van der Waals surface area contributed by atoms with Gasteiger partial charge in [-0.2, -0.15) is 0 Å². The summed E-state index contributed by atoms with van der Waals surface area (Å²) < 4.78 is 6.77. The molecular formula is C23H32IN5O3. The molecule has 0 radical (unpaired) electrons. The number of benzene rings is 1. The van der Waals surface area contributed by atoms with Gasteiger partial charge < -0.3 is 24.4 Å². The summed E-state index contributed by atoms with van der Waals surface area (Å²) in [7, 11) is 0. The van der Waals surface area contributed by atoms with Crippen LogP contribution < -0.4 is 10.9 Å². The number of carbonyl (C=O) groups is 1. The summed E-state index contributed by atoms with van der Waals surface area (Å²) in [4.78, 5) is 32.5. The standard InChI is InChI=1S/C23H31N5O3.HI/c1-3-24-22(26-13-15-27(16-14-26)23(30)31-4-2)25-17-19-8-10-20(11-9-19)18-28-12-6-5-7-21(28)29;/h5-12H,3-4,13-18H2,1-2H3,(H,24,25);1H. The van der Waals surface area contributed by atoms with Gasteiger partial charge in [0.05, 0.1) is 19.7 Å². The number of halogens is 1. The zero-order valence-electron chi connectivity index (χ0n) is 18.7. The number of nitrogens with one attached hydrogen (secondary N) is 1.